The minimum atomic E-state index is -1.18. The van der Waals surface area contributed by atoms with Crippen molar-refractivity contribution in [3.8, 4) is 0 Å². The van der Waals surface area contributed by atoms with Gasteiger partial charge in [-0.1, -0.05) is 35.9 Å². The molecule has 2 heteroatoms. The van der Waals surface area contributed by atoms with E-state index in [-0.39, 0.29) is 5.82 Å². The van der Waals surface area contributed by atoms with Gasteiger partial charge in [0.2, 0.25) is 0 Å². The molecule has 0 aliphatic carbocycles. The summed E-state index contributed by atoms with van der Waals surface area (Å²) in [6.45, 7) is 5.56. The lowest BCUT2D eigenvalue weighted by molar-refractivity contribution is 0.101. The molecule has 0 aliphatic rings. The zero-order chi connectivity index (χ0) is 13.3. The van der Waals surface area contributed by atoms with Gasteiger partial charge in [-0.15, -0.1) is 0 Å². The molecule has 1 N–H and O–H groups in total. The molecule has 1 unspecified atom stereocenters. The molecule has 0 aliphatic heterocycles. The van der Waals surface area contributed by atoms with Gasteiger partial charge in [-0.2, -0.15) is 0 Å². The van der Waals surface area contributed by atoms with E-state index in [9.17, 15) is 9.50 Å². The van der Waals surface area contributed by atoms with Crippen molar-refractivity contribution in [2.75, 3.05) is 0 Å². The first-order chi connectivity index (χ1) is 8.41. The summed E-state index contributed by atoms with van der Waals surface area (Å²) >= 11 is 0. The van der Waals surface area contributed by atoms with Gasteiger partial charge in [-0.3, -0.25) is 0 Å². The van der Waals surface area contributed by atoms with E-state index in [0.717, 1.165) is 16.7 Å². The van der Waals surface area contributed by atoms with Crippen LogP contribution in [0.25, 0.3) is 0 Å². The van der Waals surface area contributed by atoms with Crippen LogP contribution in [0.1, 0.15) is 29.2 Å². The summed E-state index contributed by atoms with van der Waals surface area (Å²) in [5.41, 5.74) is 2.19. The van der Waals surface area contributed by atoms with Crippen LogP contribution in [0.4, 0.5) is 4.39 Å². The molecule has 2 aromatic carbocycles. The van der Waals surface area contributed by atoms with E-state index >= 15 is 0 Å². The van der Waals surface area contributed by atoms with E-state index in [1.807, 2.05) is 38.1 Å². The Labute approximate surface area is 107 Å². The van der Waals surface area contributed by atoms with Gasteiger partial charge in [-0.25, -0.2) is 4.39 Å². The summed E-state index contributed by atoms with van der Waals surface area (Å²) in [5.74, 6) is -0.331. The molecule has 1 nitrogen and oxygen atoms in total. The van der Waals surface area contributed by atoms with Crippen LogP contribution in [-0.4, -0.2) is 5.11 Å². The average Bonchev–Trinajstić information content (AvgIpc) is 2.32. The zero-order valence-corrected chi connectivity index (χ0v) is 10.9. The third-order valence-corrected chi connectivity index (χ3v) is 3.34. The van der Waals surface area contributed by atoms with Crippen LogP contribution in [0.15, 0.2) is 42.5 Å². The van der Waals surface area contributed by atoms with E-state index in [2.05, 4.69) is 0 Å². The van der Waals surface area contributed by atoms with Crippen LogP contribution >= 0.6 is 0 Å². The zero-order valence-electron chi connectivity index (χ0n) is 10.9. The Bertz CT molecular complexity index is 556. The highest BCUT2D eigenvalue weighted by molar-refractivity contribution is 5.40. The van der Waals surface area contributed by atoms with E-state index in [0.29, 0.717) is 5.56 Å². The van der Waals surface area contributed by atoms with Crippen LogP contribution in [0.2, 0.25) is 0 Å². The SMILES string of the molecule is Cc1ccc(C(C)(O)c2cc(F)ccc2C)cc1. The lowest BCUT2D eigenvalue weighted by Gasteiger charge is -2.26. The summed E-state index contributed by atoms with van der Waals surface area (Å²) in [7, 11) is 0. The molecule has 2 aromatic rings. The molecule has 0 amide bonds. The molecule has 1 atom stereocenters. The fourth-order valence-corrected chi connectivity index (χ4v) is 2.15. The molecule has 18 heavy (non-hydrogen) atoms. The second-order valence-corrected chi connectivity index (χ2v) is 4.90. The smallest absolute Gasteiger partial charge is 0.123 e. The third kappa shape index (κ3) is 2.29. The Morgan fingerprint density at radius 1 is 1.00 bits per heavy atom. The molecule has 0 saturated heterocycles. The number of hydrogen-bond donors (Lipinski definition) is 1. The number of hydrogen-bond acceptors (Lipinski definition) is 1. The quantitative estimate of drug-likeness (QED) is 0.854. The molecule has 2 rings (SSSR count). The van der Waals surface area contributed by atoms with Crippen LogP contribution in [0.3, 0.4) is 0 Å². The molecular formula is C16H17FO. The summed E-state index contributed by atoms with van der Waals surface area (Å²) < 4.78 is 13.3. The van der Waals surface area contributed by atoms with Crippen molar-refractivity contribution in [1.82, 2.24) is 0 Å². The van der Waals surface area contributed by atoms with Crippen LogP contribution in [0, 0.1) is 19.7 Å². The monoisotopic (exact) mass is 244 g/mol. The van der Waals surface area contributed by atoms with E-state index in [1.54, 1.807) is 13.0 Å². The first-order valence-electron chi connectivity index (χ1n) is 5.97. The van der Waals surface area contributed by atoms with Crippen molar-refractivity contribution in [3.05, 3.63) is 70.5 Å². The largest absolute Gasteiger partial charge is 0.381 e. The second kappa shape index (κ2) is 4.54. The minimum Gasteiger partial charge on any atom is -0.381 e. The van der Waals surface area contributed by atoms with Crippen molar-refractivity contribution in [2.24, 2.45) is 0 Å². The Balaban J connectivity index is 2.53. The number of aliphatic hydroxyl groups is 1. The number of benzene rings is 2. The highest BCUT2D eigenvalue weighted by atomic mass is 19.1. The van der Waals surface area contributed by atoms with Crippen LogP contribution < -0.4 is 0 Å². The van der Waals surface area contributed by atoms with Crippen LogP contribution in [-0.2, 0) is 5.60 Å². The fraction of sp³-hybridized carbons (Fsp3) is 0.250. The standard InChI is InChI=1S/C16H17FO/c1-11-4-7-13(8-5-11)16(3,18)15-10-14(17)9-6-12(15)2/h4-10,18H,1-3H3. The van der Waals surface area contributed by atoms with E-state index < -0.39 is 5.60 Å². The molecule has 0 radical (unpaired) electrons. The van der Waals surface area contributed by atoms with Crippen molar-refractivity contribution < 1.29 is 9.50 Å². The predicted molar refractivity (Wildman–Crippen MR) is 71.0 cm³/mol. The van der Waals surface area contributed by atoms with Gasteiger partial charge in [0.1, 0.15) is 11.4 Å². The number of aryl methyl sites for hydroxylation is 2. The maximum atomic E-state index is 13.3. The van der Waals surface area contributed by atoms with Gasteiger partial charge in [0, 0.05) is 0 Å². The fourth-order valence-electron chi connectivity index (χ4n) is 2.15. The van der Waals surface area contributed by atoms with Gasteiger partial charge in [0.15, 0.2) is 0 Å². The van der Waals surface area contributed by atoms with Gasteiger partial charge in [-0.05, 0) is 49.6 Å². The van der Waals surface area contributed by atoms with Gasteiger partial charge < -0.3 is 5.11 Å². The first-order valence-corrected chi connectivity index (χ1v) is 5.97. The highest BCUT2D eigenvalue weighted by Gasteiger charge is 2.27. The number of rotatable bonds is 2. The van der Waals surface area contributed by atoms with Gasteiger partial charge in [0.05, 0.1) is 0 Å². The lowest BCUT2D eigenvalue weighted by atomic mass is 9.85. The topological polar surface area (TPSA) is 20.2 Å². The average molecular weight is 244 g/mol. The maximum absolute atomic E-state index is 13.3. The van der Waals surface area contributed by atoms with Crippen molar-refractivity contribution >= 4 is 0 Å². The molecule has 0 heterocycles. The van der Waals surface area contributed by atoms with Gasteiger partial charge >= 0.3 is 0 Å². The Kier molecular flexibility index (Phi) is 3.22. The van der Waals surface area contributed by atoms with E-state index in [1.165, 1.54) is 12.1 Å². The normalized spacial score (nSPS) is 14.3. The second-order valence-electron chi connectivity index (χ2n) is 4.90. The van der Waals surface area contributed by atoms with Gasteiger partial charge in [0.25, 0.3) is 0 Å². The molecule has 0 spiro atoms. The lowest BCUT2D eigenvalue weighted by Crippen LogP contribution is -2.24. The third-order valence-electron chi connectivity index (χ3n) is 3.34. The van der Waals surface area contributed by atoms with Crippen molar-refractivity contribution in [3.63, 3.8) is 0 Å². The summed E-state index contributed by atoms with van der Waals surface area (Å²) in [4.78, 5) is 0. The molecular weight excluding hydrogens is 227 g/mol. The van der Waals surface area contributed by atoms with Crippen LogP contribution in [0.5, 0.6) is 0 Å². The summed E-state index contributed by atoms with van der Waals surface area (Å²) in [5, 5.41) is 10.7. The molecule has 0 fully saturated rings. The number of halogens is 1. The molecule has 0 aromatic heterocycles. The highest BCUT2D eigenvalue weighted by Crippen LogP contribution is 2.31. The van der Waals surface area contributed by atoms with Crippen molar-refractivity contribution in [1.29, 1.82) is 0 Å². The summed E-state index contributed by atoms with van der Waals surface area (Å²) in [6.07, 6.45) is 0. The summed E-state index contributed by atoms with van der Waals surface area (Å²) in [6, 6.07) is 12.1. The Morgan fingerprint density at radius 2 is 1.61 bits per heavy atom. The predicted octanol–water partition coefficient (Wildman–Crippen LogP) is 3.70. The van der Waals surface area contributed by atoms with E-state index in [4.69, 9.17) is 0 Å². The maximum Gasteiger partial charge on any atom is 0.123 e. The molecule has 94 valence electrons. The molecule has 0 saturated carbocycles. The van der Waals surface area contributed by atoms with Crippen molar-refractivity contribution in [2.45, 2.75) is 26.4 Å². The molecule has 0 bridgehead atoms. The Hall–Kier alpha value is -1.67. The minimum absolute atomic E-state index is 0.331. The first kappa shape index (κ1) is 12.8. The Morgan fingerprint density at radius 3 is 2.22 bits per heavy atom.